The number of fused-ring (bicyclic) bond motifs is 1. The lowest BCUT2D eigenvalue weighted by Crippen LogP contribution is -2.37. The van der Waals surface area contributed by atoms with Crippen molar-refractivity contribution in [2.75, 3.05) is 11.9 Å². The number of amides is 1. The van der Waals surface area contributed by atoms with Gasteiger partial charge in [-0.3, -0.25) is 23.5 Å². The van der Waals surface area contributed by atoms with Crippen LogP contribution in [0.25, 0.3) is 16.6 Å². The summed E-state index contributed by atoms with van der Waals surface area (Å²) in [6.07, 6.45) is 0. The molecule has 33 heavy (non-hydrogen) atoms. The van der Waals surface area contributed by atoms with Crippen LogP contribution in [0.4, 0.5) is 5.69 Å². The predicted molar refractivity (Wildman–Crippen MR) is 124 cm³/mol. The van der Waals surface area contributed by atoms with Gasteiger partial charge in [-0.15, -0.1) is 0 Å². The van der Waals surface area contributed by atoms with E-state index < -0.39 is 11.6 Å². The maximum absolute atomic E-state index is 12.9. The number of ketones is 1. The number of rotatable bonds is 6. The molecular weight excluding hydrogens is 424 g/mol. The number of nitrogens with one attached hydrogen (secondary N) is 1. The molecule has 0 aliphatic carbocycles. The Labute approximate surface area is 187 Å². The molecule has 0 radical (unpaired) electrons. The van der Waals surface area contributed by atoms with Crippen LogP contribution in [-0.4, -0.2) is 32.5 Å². The summed E-state index contributed by atoms with van der Waals surface area (Å²) in [5, 5.41) is 13.1. The summed E-state index contributed by atoms with van der Waals surface area (Å²) in [7, 11) is 1.42. The number of nitrogens with two attached hydrogens (primary N) is 1. The highest BCUT2D eigenvalue weighted by atomic mass is 16.3. The number of aromatic hydroxyl groups is 1. The van der Waals surface area contributed by atoms with Gasteiger partial charge in [0.15, 0.2) is 5.78 Å². The molecule has 9 nitrogen and oxygen atoms in total. The van der Waals surface area contributed by atoms with Gasteiger partial charge in [-0.2, -0.15) is 0 Å². The number of carbonyl (C=O) groups is 2. The van der Waals surface area contributed by atoms with Crippen molar-refractivity contribution in [2.24, 2.45) is 12.8 Å². The molecule has 166 valence electrons. The Morgan fingerprint density at radius 2 is 1.76 bits per heavy atom. The van der Waals surface area contributed by atoms with Gasteiger partial charge in [0.1, 0.15) is 5.75 Å². The maximum atomic E-state index is 12.9. The average Bonchev–Trinajstić information content (AvgIpc) is 2.81. The first-order valence-corrected chi connectivity index (χ1v) is 9.99. The van der Waals surface area contributed by atoms with Crippen LogP contribution < -0.4 is 22.3 Å². The Kier molecular flexibility index (Phi) is 5.53. The van der Waals surface area contributed by atoms with Crippen molar-refractivity contribution in [2.45, 2.75) is 0 Å². The monoisotopic (exact) mass is 444 g/mol. The van der Waals surface area contributed by atoms with Crippen molar-refractivity contribution < 1.29 is 14.7 Å². The van der Waals surface area contributed by atoms with Gasteiger partial charge in [-0.05, 0) is 48.5 Å². The lowest BCUT2D eigenvalue weighted by molar-refractivity contribution is 0.0997. The topological polar surface area (TPSA) is 136 Å². The minimum Gasteiger partial charge on any atom is -0.507 e. The van der Waals surface area contributed by atoms with Crippen LogP contribution >= 0.6 is 0 Å². The van der Waals surface area contributed by atoms with E-state index in [4.69, 9.17) is 5.73 Å². The van der Waals surface area contributed by atoms with E-state index in [0.29, 0.717) is 22.3 Å². The first kappa shape index (κ1) is 21.6. The number of aromatic nitrogens is 2. The van der Waals surface area contributed by atoms with E-state index in [2.05, 4.69) is 5.32 Å². The van der Waals surface area contributed by atoms with E-state index >= 15 is 0 Å². The van der Waals surface area contributed by atoms with E-state index in [1.54, 1.807) is 48.5 Å². The zero-order valence-electron chi connectivity index (χ0n) is 17.6. The summed E-state index contributed by atoms with van der Waals surface area (Å²) in [5.41, 5.74) is 5.99. The molecule has 0 unspecified atom stereocenters. The number of phenols is 1. The second kappa shape index (κ2) is 8.46. The quantitative estimate of drug-likeness (QED) is 0.388. The molecule has 9 heteroatoms. The van der Waals surface area contributed by atoms with Crippen molar-refractivity contribution in [1.82, 2.24) is 9.13 Å². The van der Waals surface area contributed by atoms with E-state index in [1.807, 2.05) is 0 Å². The summed E-state index contributed by atoms with van der Waals surface area (Å²) in [5.74, 6) is -1.46. The standard InChI is InChI=1S/C24H20N4O5/c1-27-23(32)17-7-2-3-8-19(17)28(24(27)33)16-6-4-5-15(12-16)26-13-21(30)14-9-10-20(29)18(11-14)22(25)31/h2-12,26,29H,13H2,1H3,(H2,25,31). The number of nitrogens with zero attached hydrogens (tertiary/aromatic N) is 2. The summed E-state index contributed by atoms with van der Waals surface area (Å²) >= 11 is 0. The highest BCUT2D eigenvalue weighted by molar-refractivity contribution is 6.03. The number of carbonyl (C=O) groups excluding carboxylic acids is 2. The minimum absolute atomic E-state index is 0.102. The van der Waals surface area contributed by atoms with Crippen LogP contribution in [0.5, 0.6) is 5.75 Å². The molecule has 4 aromatic rings. The predicted octanol–water partition coefficient (Wildman–Crippen LogP) is 1.79. The number of hydrogen-bond donors (Lipinski definition) is 3. The third-order valence-electron chi connectivity index (χ3n) is 5.30. The van der Waals surface area contributed by atoms with Crippen LogP contribution in [0, 0.1) is 0 Å². The Bertz CT molecular complexity index is 1530. The Balaban J connectivity index is 1.65. The SMILES string of the molecule is Cn1c(=O)c2ccccc2n(-c2cccc(NCC(=O)c3ccc(O)c(C(N)=O)c3)c2)c1=O. The zero-order valence-corrected chi connectivity index (χ0v) is 17.6. The van der Waals surface area contributed by atoms with Crippen LogP contribution in [0.15, 0.2) is 76.3 Å². The molecule has 1 amide bonds. The Morgan fingerprint density at radius 1 is 1.00 bits per heavy atom. The second-order valence-corrected chi connectivity index (χ2v) is 7.42. The average molecular weight is 444 g/mol. The largest absolute Gasteiger partial charge is 0.507 e. The zero-order chi connectivity index (χ0) is 23.7. The molecule has 0 aliphatic heterocycles. The molecule has 1 aromatic heterocycles. The van der Waals surface area contributed by atoms with Gasteiger partial charge < -0.3 is 16.2 Å². The Morgan fingerprint density at radius 3 is 2.52 bits per heavy atom. The number of anilines is 1. The Hall–Kier alpha value is -4.66. The van der Waals surface area contributed by atoms with Crippen molar-refractivity contribution in [1.29, 1.82) is 0 Å². The molecule has 0 aliphatic rings. The third-order valence-corrected chi connectivity index (χ3v) is 5.30. The van der Waals surface area contributed by atoms with Crippen molar-refractivity contribution in [3.8, 4) is 11.4 Å². The summed E-state index contributed by atoms with van der Waals surface area (Å²) in [4.78, 5) is 49.3. The highest BCUT2D eigenvalue weighted by Crippen LogP contribution is 2.20. The fourth-order valence-electron chi connectivity index (χ4n) is 3.57. The number of hydrogen-bond acceptors (Lipinski definition) is 6. The van der Waals surface area contributed by atoms with Gasteiger partial charge in [0.05, 0.1) is 28.7 Å². The van der Waals surface area contributed by atoms with Gasteiger partial charge in [-0.1, -0.05) is 18.2 Å². The minimum atomic E-state index is -0.835. The lowest BCUT2D eigenvalue weighted by Gasteiger charge is -2.14. The molecule has 4 rings (SSSR count). The van der Waals surface area contributed by atoms with E-state index in [0.717, 1.165) is 4.57 Å². The van der Waals surface area contributed by atoms with Crippen molar-refractivity contribution >= 4 is 28.3 Å². The molecule has 4 N–H and O–H groups in total. The van der Waals surface area contributed by atoms with Gasteiger partial charge in [0, 0.05) is 18.3 Å². The van der Waals surface area contributed by atoms with Crippen LogP contribution in [0.3, 0.4) is 0 Å². The number of benzene rings is 3. The smallest absolute Gasteiger partial charge is 0.335 e. The molecule has 0 bridgehead atoms. The molecule has 0 spiro atoms. The molecule has 3 aromatic carbocycles. The number of primary amides is 1. The fourth-order valence-corrected chi connectivity index (χ4v) is 3.57. The molecule has 0 fully saturated rings. The van der Waals surface area contributed by atoms with Crippen LogP contribution in [0.1, 0.15) is 20.7 Å². The van der Waals surface area contributed by atoms with Gasteiger partial charge in [0.2, 0.25) is 0 Å². The number of para-hydroxylation sites is 1. The van der Waals surface area contributed by atoms with E-state index in [9.17, 15) is 24.3 Å². The van der Waals surface area contributed by atoms with Gasteiger partial charge >= 0.3 is 5.69 Å². The summed E-state index contributed by atoms with van der Waals surface area (Å²) in [6.45, 7) is -0.102. The molecule has 0 saturated carbocycles. The molecule has 0 saturated heterocycles. The second-order valence-electron chi connectivity index (χ2n) is 7.42. The van der Waals surface area contributed by atoms with E-state index in [-0.39, 0.29) is 34.8 Å². The fraction of sp³-hybridized carbons (Fsp3) is 0.0833. The first-order valence-electron chi connectivity index (χ1n) is 9.99. The molecular formula is C24H20N4O5. The highest BCUT2D eigenvalue weighted by Gasteiger charge is 2.14. The van der Waals surface area contributed by atoms with Gasteiger partial charge in [0.25, 0.3) is 11.5 Å². The maximum Gasteiger partial charge on any atom is 0.335 e. The van der Waals surface area contributed by atoms with Crippen LogP contribution in [-0.2, 0) is 7.05 Å². The summed E-state index contributed by atoms with van der Waals surface area (Å²) in [6, 6.07) is 17.6. The van der Waals surface area contributed by atoms with Gasteiger partial charge in [-0.25, -0.2) is 4.79 Å². The first-order chi connectivity index (χ1) is 15.8. The number of Topliss-reactive ketones (excluding diaryl/α,β-unsaturated/α-hetero) is 1. The van der Waals surface area contributed by atoms with Crippen molar-refractivity contribution in [3.05, 3.63) is 98.7 Å². The third kappa shape index (κ3) is 3.99. The lowest BCUT2D eigenvalue weighted by atomic mass is 10.1. The summed E-state index contributed by atoms with van der Waals surface area (Å²) < 4.78 is 2.48. The normalized spacial score (nSPS) is 10.8. The van der Waals surface area contributed by atoms with E-state index in [1.165, 1.54) is 29.8 Å². The van der Waals surface area contributed by atoms with Crippen molar-refractivity contribution in [3.63, 3.8) is 0 Å². The van der Waals surface area contributed by atoms with Crippen LogP contribution in [0.2, 0.25) is 0 Å². The molecule has 0 atom stereocenters. The molecule has 1 heterocycles.